The first-order chi connectivity index (χ1) is 15.5. The van der Waals surface area contributed by atoms with Crippen LogP contribution < -0.4 is 5.32 Å². The number of benzene rings is 2. The third-order valence-corrected chi connectivity index (χ3v) is 6.11. The average Bonchev–Trinajstić information content (AvgIpc) is 3.48. The van der Waals surface area contributed by atoms with E-state index < -0.39 is 18.1 Å². The Morgan fingerprint density at radius 1 is 1.12 bits per heavy atom. The molecule has 3 aromatic rings. The monoisotopic (exact) mass is 451 g/mol. The number of thiazole rings is 1. The average molecular weight is 452 g/mol. The summed E-state index contributed by atoms with van der Waals surface area (Å²) >= 11 is 1.28. The second-order valence-electron chi connectivity index (χ2n) is 7.29. The normalized spacial score (nSPS) is 15.4. The van der Waals surface area contributed by atoms with Crippen LogP contribution in [0.2, 0.25) is 0 Å². The number of carboxylic acids is 1. The molecule has 9 heteroatoms. The summed E-state index contributed by atoms with van der Waals surface area (Å²) in [5, 5.41) is 12.2. The summed E-state index contributed by atoms with van der Waals surface area (Å²) in [6.45, 7) is 0.617. The van der Waals surface area contributed by atoms with Crippen molar-refractivity contribution in [1.82, 2.24) is 9.88 Å². The van der Waals surface area contributed by atoms with Crippen LogP contribution in [0.5, 0.6) is 0 Å². The lowest BCUT2D eigenvalue weighted by molar-refractivity contribution is -0.120. The number of hydrogen-bond donors (Lipinski definition) is 2. The Kier molecular flexibility index (Phi) is 6.46. The SMILES string of the molecule is O=C(O)c1ccc(-c2cnc(NC(=O)[C@@H]3CCCN3C(=O)OCc3ccccc3)s2)cc1. The molecule has 0 radical (unpaired) electrons. The number of rotatable bonds is 6. The van der Waals surface area contributed by atoms with Crippen LogP contribution in [0, 0.1) is 0 Å². The molecule has 1 aliphatic heterocycles. The number of anilines is 1. The first-order valence-electron chi connectivity index (χ1n) is 10.1. The molecule has 32 heavy (non-hydrogen) atoms. The predicted octanol–water partition coefficient (Wildman–Crippen LogP) is 4.25. The predicted molar refractivity (Wildman–Crippen MR) is 119 cm³/mol. The molecule has 1 aliphatic rings. The first-order valence-corrected chi connectivity index (χ1v) is 10.9. The van der Waals surface area contributed by atoms with Gasteiger partial charge in [-0.15, -0.1) is 0 Å². The summed E-state index contributed by atoms with van der Waals surface area (Å²) in [6, 6.07) is 15.2. The van der Waals surface area contributed by atoms with Crippen LogP contribution >= 0.6 is 11.3 Å². The van der Waals surface area contributed by atoms with Crippen molar-refractivity contribution in [3.8, 4) is 10.4 Å². The molecule has 0 aliphatic carbocycles. The van der Waals surface area contributed by atoms with Crippen LogP contribution in [-0.4, -0.2) is 45.5 Å². The van der Waals surface area contributed by atoms with Crippen molar-refractivity contribution < 1.29 is 24.2 Å². The Balaban J connectivity index is 1.36. The Labute approximate surface area is 188 Å². The van der Waals surface area contributed by atoms with Gasteiger partial charge in [0.1, 0.15) is 12.6 Å². The molecule has 2 heterocycles. The fourth-order valence-electron chi connectivity index (χ4n) is 3.49. The number of likely N-dealkylation sites (tertiary alicyclic amines) is 1. The number of ether oxygens (including phenoxy) is 1. The van der Waals surface area contributed by atoms with E-state index in [-0.39, 0.29) is 18.1 Å². The topological polar surface area (TPSA) is 109 Å². The molecule has 1 atom stereocenters. The Morgan fingerprint density at radius 3 is 2.59 bits per heavy atom. The molecule has 0 spiro atoms. The lowest BCUT2D eigenvalue weighted by Crippen LogP contribution is -2.43. The van der Waals surface area contributed by atoms with Crippen LogP contribution in [0.3, 0.4) is 0 Å². The van der Waals surface area contributed by atoms with Gasteiger partial charge < -0.3 is 15.2 Å². The van der Waals surface area contributed by atoms with Crippen molar-refractivity contribution in [1.29, 1.82) is 0 Å². The van der Waals surface area contributed by atoms with Gasteiger partial charge in [0.05, 0.1) is 10.4 Å². The van der Waals surface area contributed by atoms with Gasteiger partial charge in [-0.25, -0.2) is 14.6 Å². The van der Waals surface area contributed by atoms with Crippen molar-refractivity contribution in [3.63, 3.8) is 0 Å². The lowest BCUT2D eigenvalue weighted by Gasteiger charge is -2.22. The zero-order chi connectivity index (χ0) is 22.5. The quantitative estimate of drug-likeness (QED) is 0.580. The number of carbonyl (C=O) groups excluding carboxylic acids is 2. The van der Waals surface area contributed by atoms with Crippen LogP contribution in [0.15, 0.2) is 60.8 Å². The van der Waals surface area contributed by atoms with E-state index in [0.29, 0.717) is 18.1 Å². The molecule has 1 saturated heterocycles. The highest BCUT2D eigenvalue weighted by Crippen LogP contribution is 2.30. The van der Waals surface area contributed by atoms with Crippen molar-refractivity contribution in [2.24, 2.45) is 0 Å². The van der Waals surface area contributed by atoms with Gasteiger partial charge in [-0.05, 0) is 36.1 Å². The number of aromatic nitrogens is 1. The molecule has 8 nitrogen and oxygen atoms in total. The summed E-state index contributed by atoms with van der Waals surface area (Å²) < 4.78 is 5.38. The van der Waals surface area contributed by atoms with Crippen LogP contribution in [0.4, 0.5) is 9.93 Å². The number of carboxylic acid groups (broad SMARTS) is 1. The highest BCUT2D eigenvalue weighted by Gasteiger charge is 2.35. The fraction of sp³-hybridized carbons (Fsp3) is 0.217. The zero-order valence-corrected chi connectivity index (χ0v) is 17.9. The van der Waals surface area contributed by atoms with E-state index in [1.807, 2.05) is 30.3 Å². The van der Waals surface area contributed by atoms with Crippen molar-refractivity contribution in [3.05, 3.63) is 71.9 Å². The minimum Gasteiger partial charge on any atom is -0.478 e. The molecule has 164 valence electrons. The molecule has 1 aromatic heterocycles. The maximum atomic E-state index is 12.8. The summed E-state index contributed by atoms with van der Waals surface area (Å²) in [5.74, 6) is -1.29. The zero-order valence-electron chi connectivity index (χ0n) is 17.1. The summed E-state index contributed by atoms with van der Waals surface area (Å²) in [4.78, 5) is 42.8. The van der Waals surface area contributed by atoms with E-state index in [1.54, 1.807) is 18.3 Å². The van der Waals surface area contributed by atoms with Gasteiger partial charge in [-0.1, -0.05) is 53.8 Å². The highest BCUT2D eigenvalue weighted by atomic mass is 32.1. The fourth-order valence-corrected chi connectivity index (χ4v) is 4.32. The number of aromatic carboxylic acids is 1. The van der Waals surface area contributed by atoms with E-state index in [9.17, 15) is 14.4 Å². The summed E-state index contributed by atoms with van der Waals surface area (Å²) in [6.07, 6.45) is 2.39. The van der Waals surface area contributed by atoms with Gasteiger partial charge in [-0.3, -0.25) is 9.69 Å². The minimum atomic E-state index is -0.989. The van der Waals surface area contributed by atoms with E-state index in [0.717, 1.165) is 22.4 Å². The van der Waals surface area contributed by atoms with Crippen molar-refractivity contribution in [2.45, 2.75) is 25.5 Å². The molecule has 2 amide bonds. The second kappa shape index (κ2) is 9.61. The summed E-state index contributed by atoms with van der Waals surface area (Å²) in [5.41, 5.74) is 1.89. The maximum Gasteiger partial charge on any atom is 0.410 e. The second-order valence-corrected chi connectivity index (χ2v) is 8.32. The molecule has 0 unspecified atom stereocenters. The number of hydrogen-bond acceptors (Lipinski definition) is 6. The number of nitrogens with one attached hydrogen (secondary N) is 1. The Bertz CT molecular complexity index is 1110. The van der Waals surface area contributed by atoms with Gasteiger partial charge in [0.2, 0.25) is 5.91 Å². The van der Waals surface area contributed by atoms with Crippen molar-refractivity contribution in [2.75, 3.05) is 11.9 Å². The number of nitrogens with zero attached hydrogens (tertiary/aromatic N) is 2. The lowest BCUT2D eigenvalue weighted by atomic mass is 10.1. The molecule has 2 aromatic carbocycles. The minimum absolute atomic E-state index is 0.154. The van der Waals surface area contributed by atoms with Gasteiger partial charge in [0, 0.05) is 12.7 Å². The van der Waals surface area contributed by atoms with E-state index >= 15 is 0 Å². The number of amides is 2. The van der Waals surface area contributed by atoms with Gasteiger partial charge in [-0.2, -0.15) is 0 Å². The van der Waals surface area contributed by atoms with Gasteiger partial charge in [0.25, 0.3) is 0 Å². The first kappa shape index (κ1) is 21.5. The van der Waals surface area contributed by atoms with E-state index in [4.69, 9.17) is 9.84 Å². The third-order valence-electron chi connectivity index (χ3n) is 5.15. The number of carbonyl (C=O) groups is 3. The molecule has 0 saturated carbocycles. The van der Waals surface area contributed by atoms with E-state index in [2.05, 4.69) is 10.3 Å². The van der Waals surface area contributed by atoms with Crippen LogP contribution in [0.25, 0.3) is 10.4 Å². The maximum absolute atomic E-state index is 12.8. The van der Waals surface area contributed by atoms with Crippen LogP contribution in [-0.2, 0) is 16.1 Å². The third kappa shape index (κ3) is 4.94. The standard InChI is InChI=1S/C23H21N3O5S/c27-20(18-7-4-12-26(18)23(30)31-14-15-5-2-1-3-6-15)25-22-24-13-19(32-22)16-8-10-17(11-9-16)21(28)29/h1-3,5-6,8-11,13,18H,4,7,12,14H2,(H,28,29)(H,24,25,27)/t18-/m0/s1. The molecule has 0 bridgehead atoms. The van der Waals surface area contributed by atoms with Crippen molar-refractivity contribution >= 4 is 34.4 Å². The molecule has 2 N–H and O–H groups in total. The Hall–Kier alpha value is -3.72. The highest BCUT2D eigenvalue weighted by molar-refractivity contribution is 7.19. The van der Waals surface area contributed by atoms with Crippen LogP contribution in [0.1, 0.15) is 28.8 Å². The molecular formula is C23H21N3O5S. The molecule has 4 rings (SSSR count). The molecular weight excluding hydrogens is 430 g/mol. The van der Waals surface area contributed by atoms with E-state index in [1.165, 1.54) is 28.4 Å². The smallest absolute Gasteiger partial charge is 0.410 e. The van der Waals surface area contributed by atoms with Gasteiger partial charge >= 0.3 is 12.1 Å². The molecule has 1 fully saturated rings. The van der Waals surface area contributed by atoms with Gasteiger partial charge in [0.15, 0.2) is 5.13 Å². The summed E-state index contributed by atoms with van der Waals surface area (Å²) in [7, 11) is 0. The largest absolute Gasteiger partial charge is 0.478 e. The Morgan fingerprint density at radius 2 is 1.88 bits per heavy atom.